The van der Waals surface area contributed by atoms with Gasteiger partial charge < -0.3 is 10.1 Å². The molecule has 1 aliphatic heterocycles. The molecule has 2 aliphatic rings. The molecule has 4 atom stereocenters. The number of nitrogens with one attached hydrogen (secondary N) is 1. The number of likely N-dealkylation sites (N-methyl/N-ethyl adjacent to an activating group) is 1. The summed E-state index contributed by atoms with van der Waals surface area (Å²) < 4.78 is 5.52. The molecule has 0 aromatic carbocycles. The van der Waals surface area contributed by atoms with Crippen molar-refractivity contribution in [3.05, 3.63) is 0 Å². The molecule has 4 unspecified atom stereocenters. The van der Waals surface area contributed by atoms with Crippen molar-refractivity contribution < 1.29 is 4.74 Å². The van der Waals surface area contributed by atoms with Gasteiger partial charge in [0.05, 0.1) is 6.10 Å². The number of hydrogen-bond donors (Lipinski definition) is 1. The Kier molecular flexibility index (Phi) is 5.46. The molecule has 0 radical (unpaired) electrons. The van der Waals surface area contributed by atoms with Crippen LogP contribution in [0.5, 0.6) is 0 Å². The average molecular weight is 254 g/mol. The standard InChI is InChI=1S/C15H30N2O/c1-4-12-6-7-14(16-5-2)15(10-12)17-9-8-13(11-17)18-3/h12-16H,4-11H2,1-3H3. The number of hydrogen-bond acceptors (Lipinski definition) is 3. The summed E-state index contributed by atoms with van der Waals surface area (Å²) in [6.07, 6.45) is 7.16. The number of likely N-dealkylation sites (tertiary alicyclic amines) is 1. The first-order chi connectivity index (χ1) is 8.78. The molecule has 0 amide bonds. The highest BCUT2D eigenvalue weighted by atomic mass is 16.5. The fourth-order valence-corrected chi connectivity index (χ4v) is 3.75. The van der Waals surface area contributed by atoms with E-state index in [2.05, 4.69) is 24.1 Å². The van der Waals surface area contributed by atoms with Gasteiger partial charge in [0, 0.05) is 32.3 Å². The lowest BCUT2D eigenvalue weighted by Gasteiger charge is -2.41. The quantitative estimate of drug-likeness (QED) is 0.814. The maximum Gasteiger partial charge on any atom is 0.0710 e. The maximum atomic E-state index is 5.52. The van der Waals surface area contributed by atoms with Crippen molar-refractivity contribution >= 4 is 0 Å². The van der Waals surface area contributed by atoms with Gasteiger partial charge in [0.2, 0.25) is 0 Å². The monoisotopic (exact) mass is 254 g/mol. The Morgan fingerprint density at radius 1 is 1.22 bits per heavy atom. The van der Waals surface area contributed by atoms with Crippen LogP contribution in [0, 0.1) is 5.92 Å². The normalized spacial score (nSPS) is 38.2. The Morgan fingerprint density at radius 2 is 2.06 bits per heavy atom. The first kappa shape index (κ1) is 14.3. The van der Waals surface area contributed by atoms with Gasteiger partial charge in [0.1, 0.15) is 0 Å². The second-order valence-electron chi connectivity index (χ2n) is 5.96. The summed E-state index contributed by atoms with van der Waals surface area (Å²) in [5, 5.41) is 3.71. The topological polar surface area (TPSA) is 24.5 Å². The van der Waals surface area contributed by atoms with Crippen LogP contribution in [-0.2, 0) is 4.74 Å². The fraction of sp³-hybridized carbons (Fsp3) is 1.00. The lowest BCUT2D eigenvalue weighted by molar-refractivity contribution is 0.0771. The average Bonchev–Trinajstić information content (AvgIpc) is 2.88. The van der Waals surface area contributed by atoms with E-state index in [0.29, 0.717) is 12.1 Å². The lowest BCUT2D eigenvalue weighted by Crippen LogP contribution is -2.52. The molecule has 0 spiro atoms. The van der Waals surface area contributed by atoms with Crippen molar-refractivity contribution in [3.63, 3.8) is 0 Å². The molecular weight excluding hydrogens is 224 g/mol. The number of nitrogens with zero attached hydrogens (tertiary/aromatic N) is 1. The van der Waals surface area contributed by atoms with Crippen molar-refractivity contribution in [3.8, 4) is 0 Å². The summed E-state index contributed by atoms with van der Waals surface area (Å²) in [4.78, 5) is 2.68. The van der Waals surface area contributed by atoms with E-state index in [1.54, 1.807) is 0 Å². The third-order valence-electron chi connectivity index (χ3n) is 4.95. The predicted octanol–water partition coefficient (Wildman–Crippen LogP) is 2.26. The zero-order valence-corrected chi connectivity index (χ0v) is 12.3. The van der Waals surface area contributed by atoms with Crippen LogP contribution in [0.4, 0.5) is 0 Å². The highest BCUT2D eigenvalue weighted by Gasteiger charge is 2.36. The van der Waals surface area contributed by atoms with Gasteiger partial charge >= 0.3 is 0 Å². The maximum absolute atomic E-state index is 5.52. The van der Waals surface area contributed by atoms with E-state index in [9.17, 15) is 0 Å². The van der Waals surface area contributed by atoms with Gasteiger partial charge in [-0.2, -0.15) is 0 Å². The van der Waals surface area contributed by atoms with E-state index in [0.717, 1.165) is 25.0 Å². The molecule has 3 nitrogen and oxygen atoms in total. The van der Waals surface area contributed by atoms with E-state index in [1.165, 1.54) is 38.6 Å². The zero-order chi connectivity index (χ0) is 13.0. The van der Waals surface area contributed by atoms with Crippen molar-refractivity contribution in [2.45, 2.75) is 64.1 Å². The minimum Gasteiger partial charge on any atom is -0.380 e. The third kappa shape index (κ3) is 3.25. The van der Waals surface area contributed by atoms with E-state index < -0.39 is 0 Å². The SMILES string of the molecule is CCNC1CCC(CC)CC1N1CCC(OC)C1. The van der Waals surface area contributed by atoms with Crippen LogP contribution < -0.4 is 5.32 Å². The van der Waals surface area contributed by atoms with Gasteiger partial charge in [0.25, 0.3) is 0 Å². The van der Waals surface area contributed by atoms with Crippen LogP contribution in [0.3, 0.4) is 0 Å². The molecule has 3 heteroatoms. The molecule has 1 aliphatic carbocycles. The zero-order valence-electron chi connectivity index (χ0n) is 12.3. The van der Waals surface area contributed by atoms with E-state index >= 15 is 0 Å². The second kappa shape index (κ2) is 6.88. The summed E-state index contributed by atoms with van der Waals surface area (Å²) in [5.41, 5.74) is 0. The smallest absolute Gasteiger partial charge is 0.0710 e. The van der Waals surface area contributed by atoms with Crippen LogP contribution in [0.1, 0.15) is 46.0 Å². The molecule has 0 bridgehead atoms. The summed E-state index contributed by atoms with van der Waals surface area (Å²) in [6, 6.07) is 1.44. The molecule has 1 heterocycles. The molecule has 0 aromatic rings. The van der Waals surface area contributed by atoms with Crippen LogP contribution in [-0.4, -0.2) is 49.8 Å². The second-order valence-corrected chi connectivity index (χ2v) is 5.96. The number of rotatable bonds is 5. The van der Waals surface area contributed by atoms with Crippen molar-refractivity contribution in [1.29, 1.82) is 0 Å². The molecule has 2 fully saturated rings. The highest BCUT2D eigenvalue weighted by molar-refractivity contribution is 4.93. The summed E-state index contributed by atoms with van der Waals surface area (Å²) in [6.45, 7) is 8.03. The van der Waals surface area contributed by atoms with Crippen molar-refractivity contribution in [1.82, 2.24) is 10.2 Å². The minimum absolute atomic E-state index is 0.467. The molecule has 2 rings (SSSR count). The predicted molar refractivity (Wildman–Crippen MR) is 75.9 cm³/mol. The molecule has 106 valence electrons. The Hall–Kier alpha value is -0.120. The van der Waals surface area contributed by atoms with Gasteiger partial charge in [-0.1, -0.05) is 20.3 Å². The van der Waals surface area contributed by atoms with Crippen molar-refractivity contribution in [2.75, 3.05) is 26.7 Å². The summed E-state index contributed by atoms with van der Waals surface area (Å²) >= 11 is 0. The molecule has 1 N–H and O–H groups in total. The molecule has 18 heavy (non-hydrogen) atoms. The first-order valence-electron chi connectivity index (χ1n) is 7.78. The Balaban J connectivity index is 1.96. The molecular formula is C15H30N2O. The van der Waals surface area contributed by atoms with E-state index in [1.807, 2.05) is 7.11 Å². The third-order valence-corrected chi connectivity index (χ3v) is 4.95. The van der Waals surface area contributed by atoms with Crippen LogP contribution >= 0.6 is 0 Å². The molecule has 1 saturated carbocycles. The highest BCUT2D eigenvalue weighted by Crippen LogP contribution is 2.32. The number of methoxy groups -OCH3 is 1. The largest absolute Gasteiger partial charge is 0.380 e. The Labute approximate surface area is 112 Å². The van der Waals surface area contributed by atoms with E-state index in [4.69, 9.17) is 4.74 Å². The van der Waals surface area contributed by atoms with Gasteiger partial charge in [-0.15, -0.1) is 0 Å². The van der Waals surface area contributed by atoms with Crippen molar-refractivity contribution in [2.24, 2.45) is 5.92 Å². The number of ether oxygens (including phenoxy) is 1. The molecule has 1 saturated heterocycles. The van der Waals surface area contributed by atoms with Gasteiger partial charge in [-0.25, -0.2) is 0 Å². The van der Waals surface area contributed by atoms with Crippen LogP contribution in [0.2, 0.25) is 0 Å². The molecule has 0 aromatic heterocycles. The lowest BCUT2D eigenvalue weighted by atomic mass is 9.80. The van der Waals surface area contributed by atoms with E-state index in [-0.39, 0.29) is 0 Å². The summed E-state index contributed by atoms with van der Waals surface area (Å²) in [7, 11) is 1.85. The van der Waals surface area contributed by atoms with Crippen LogP contribution in [0.15, 0.2) is 0 Å². The first-order valence-corrected chi connectivity index (χ1v) is 7.78. The van der Waals surface area contributed by atoms with Crippen LogP contribution in [0.25, 0.3) is 0 Å². The van der Waals surface area contributed by atoms with Gasteiger partial charge in [-0.05, 0) is 38.1 Å². The summed E-state index contributed by atoms with van der Waals surface area (Å²) in [5.74, 6) is 0.937. The van der Waals surface area contributed by atoms with Gasteiger partial charge in [0.15, 0.2) is 0 Å². The fourth-order valence-electron chi connectivity index (χ4n) is 3.75. The van der Waals surface area contributed by atoms with Gasteiger partial charge in [-0.3, -0.25) is 4.90 Å². The minimum atomic E-state index is 0.467. The Morgan fingerprint density at radius 3 is 2.67 bits per heavy atom. The Bertz CT molecular complexity index is 247.